The summed E-state index contributed by atoms with van der Waals surface area (Å²) in [4.78, 5) is 27.3. The zero-order valence-electron chi connectivity index (χ0n) is 26.4. The molecule has 0 radical (unpaired) electrons. The van der Waals surface area contributed by atoms with Crippen LogP contribution in [-0.2, 0) is 5.41 Å². The van der Waals surface area contributed by atoms with Crippen LogP contribution in [0.15, 0.2) is 72.8 Å². The number of fused-ring (bicyclic) bond motifs is 1. The van der Waals surface area contributed by atoms with E-state index in [-0.39, 0.29) is 35.9 Å². The van der Waals surface area contributed by atoms with Gasteiger partial charge in [0, 0.05) is 29.2 Å². The maximum absolute atomic E-state index is 13.7. The third-order valence-corrected chi connectivity index (χ3v) is 8.66. The van der Waals surface area contributed by atoms with Crippen LogP contribution in [0, 0.1) is 12.8 Å². The van der Waals surface area contributed by atoms with Crippen LogP contribution in [-0.4, -0.2) is 41.5 Å². The van der Waals surface area contributed by atoms with Crippen molar-refractivity contribution in [1.29, 1.82) is 0 Å². The molecule has 1 aromatic heterocycles. The Labute approximate surface area is 264 Å². The normalized spacial score (nSPS) is 15.5. The predicted molar refractivity (Wildman–Crippen MR) is 176 cm³/mol. The van der Waals surface area contributed by atoms with Gasteiger partial charge < -0.3 is 20.1 Å². The Balaban J connectivity index is 1.26. The van der Waals surface area contributed by atoms with Crippen LogP contribution in [0.1, 0.15) is 73.1 Å². The summed E-state index contributed by atoms with van der Waals surface area (Å²) in [6.45, 7) is 10.3. The Kier molecular flexibility index (Phi) is 8.63. The minimum absolute atomic E-state index is 0.0350. The SMILES string of the molecule is Cc1ccc(-n2nc(C(C)(C)C)cc2NC(=O)Nc2ccccc2C(CC(=O)c2ccc3c(c2)OCO3)C2CCNCC2)cc1. The fraction of sp³-hybridized carbons (Fsp3) is 0.361. The molecular formula is C36H41N5O4. The maximum atomic E-state index is 13.7. The van der Waals surface area contributed by atoms with Gasteiger partial charge in [-0.05, 0) is 86.7 Å². The number of hydrogen-bond acceptors (Lipinski definition) is 6. The summed E-state index contributed by atoms with van der Waals surface area (Å²) in [5.41, 5.74) is 4.91. The van der Waals surface area contributed by atoms with Gasteiger partial charge in [-0.2, -0.15) is 5.10 Å². The van der Waals surface area contributed by atoms with E-state index in [2.05, 4.69) is 36.7 Å². The number of nitrogens with one attached hydrogen (secondary N) is 3. The number of anilines is 2. The van der Waals surface area contributed by atoms with Gasteiger partial charge in [-0.15, -0.1) is 0 Å². The number of ether oxygens (including phenoxy) is 2. The Bertz CT molecular complexity index is 1680. The number of benzene rings is 3. The van der Waals surface area contributed by atoms with E-state index in [1.54, 1.807) is 22.9 Å². The van der Waals surface area contributed by atoms with Gasteiger partial charge in [0.1, 0.15) is 5.82 Å². The van der Waals surface area contributed by atoms with Gasteiger partial charge in [0.05, 0.1) is 11.4 Å². The highest BCUT2D eigenvalue weighted by Gasteiger charge is 2.30. The van der Waals surface area contributed by atoms with Crippen molar-refractivity contribution < 1.29 is 19.1 Å². The Morgan fingerprint density at radius 3 is 2.44 bits per heavy atom. The van der Waals surface area contributed by atoms with Crippen LogP contribution in [0.3, 0.4) is 0 Å². The van der Waals surface area contributed by atoms with Crippen molar-refractivity contribution in [1.82, 2.24) is 15.1 Å². The third kappa shape index (κ3) is 6.88. The monoisotopic (exact) mass is 607 g/mol. The number of carbonyl (C=O) groups excluding carboxylic acids is 2. The van der Waals surface area contributed by atoms with Crippen LogP contribution in [0.2, 0.25) is 0 Å². The molecule has 1 atom stereocenters. The summed E-state index contributed by atoms with van der Waals surface area (Å²) in [5.74, 6) is 2.07. The molecule has 234 valence electrons. The molecule has 6 rings (SSSR count). The number of aromatic nitrogens is 2. The van der Waals surface area contributed by atoms with E-state index >= 15 is 0 Å². The number of nitrogens with zero attached hydrogens (tertiary/aromatic N) is 2. The van der Waals surface area contributed by atoms with E-state index in [4.69, 9.17) is 14.6 Å². The first-order valence-electron chi connectivity index (χ1n) is 15.6. The van der Waals surface area contributed by atoms with Gasteiger partial charge in [0.2, 0.25) is 6.79 Å². The minimum atomic E-state index is -0.373. The summed E-state index contributed by atoms with van der Waals surface area (Å²) < 4.78 is 12.7. The summed E-state index contributed by atoms with van der Waals surface area (Å²) in [7, 11) is 0. The smallest absolute Gasteiger partial charge is 0.324 e. The third-order valence-electron chi connectivity index (χ3n) is 8.66. The number of piperidine rings is 1. The van der Waals surface area contributed by atoms with Gasteiger partial charge in [0.25, 0.3) is 0 Å². The van der Waals surface area contributed by atoms with E-state index in [0.29, 0.717) is 35.0 Å². The molecule has 2 amide bonds. The van der Waals surface area contributed by atoms with Gasteiger partial charge in [0.15, 0.2) is 17.3 Å². The maximum Gasteiger partial charge on any atom is 0.324 e. The van der Waals surface area contributed by atoms with Crippen LogP contribution in [0.4, 0.5) is 16.3 Å². The van der Waals surface area contributed by atoms with Crippen molar-refractivity contribution in [2.75, 3.05) is 30.5 Å². The number of hydrogen-bond donors (Lipinski definition) is 3. The van der Waals surface area contributed by atoms with Gasteiger partial charge in [-0.1, -0.05) is 56.7 Å². The fourth-order valence-electron chi connectivity index (χ4n) is 6.09. The standard InChI is InChI=1S/C36H41N5O4/c1-23-9-12-26(13-10-23)41-34(21-33(40-41)36(2,3)4)39-35(43)38-29-8-6-5-7-27(29)28(24-15-17-37-18-16-24)20-30(42)25-11-14-31-32(19-25)45-22-44-31/h5-14,19,21,24,28,37H,15-18,20,22H2,1-4H3,(H2,38,39,43). The second-order valence-electron chi connectivity index (χ2n) is 13.0. The molecule has 2 aliphatic heterocycles. The first-order valence-corrected chi connectivity index (χ1v) is 15.6. The fourth-order valence-corrected chi connectivity index (χ4v) is 6.09. The largest absolute Gasteiger partial charge is 0.454 e. The van der Waals surface area contributed by atoms with Crippen LogP contribution >= 0.6 is 0 Å². The first kappa shape index (κ1) is 30.4. The van der Waals surface area contributed by atoms with Crippen molar-refractivity contribution in [3.8, 4) is 17.2 Å². The lowest BCUT2D eigenvalue weighted by atomic mass is 9.76. The highest BCUT2D eigenvalue weighted by atomic mass is 16.7. The summed E-state index contributed by atoms with van der Waals surface area (Å²) in [6, 6.07) is 22.8. The summed E-state index contributed by atoms with van der Waals surface area (Å²) >= 11 is 0. The number of rotatable bonds is 8. The highest BCUT2D eigenvalue weighted by molar-refractivity contribution is 6.00. The molecule has 9 heteroatoms. The molecule has 3 N–H and O–H groups in total. The van der Waals surface area contributed by atoms with Crippen LogP contribution in [0.25, 0.3) is 5.69 Å². The number of Topliss-reactive ketones (excluding diaryl/α,β-unsaturated/α-hetero) is 1. The molecule has 0 bridgehead atoms. The molecule has 9 nitrogen and oxygen atoms in total. The molecule has 0 spiro atoms. The average Bonchev–Trinajstić information content (AvgIpc) is 3.68. The molecule has 0 saturated carbocycles. The number of amides is 2. The molecule has 3 heterocycles. The lowest BCUT2D eigenvalue weighted by Crippen LogP contribution is -2.32. The van der Waals surface area contributed by atoms with Gasteiger partial charge >= 0.3 is 6.03 Å². The zero-order chi connectivity index (χ0) is 31.6. The zero-order valence-corrected chi connectivity index (χ0v) is 26.4. The van der Waals surface area contributed by atoms with E-state index in [0.717, 1.165) is 48.4 Å². The molecule has 3 aromatic carbocycles. The van der Waals surface area contributed by atoms with Crippen molar-refractivity contribution in [2.45, 2.75) is 58.3 Å². The van der Waals surface area contributed by atoms with E-state index < -0.39 is 0 Å². The first-order chi connectivity index (χ1) is 21.7. The lowest BCUT2D eigenvalue weighted by molar-refractivity contribution is 0.0958. The summed E-state index contributed by atoms with van der Waals surface area (Å²) in [6.07, 6.45) is 2.22. The van der Waals surface area contributed by atoms with E-state index in [9.17, 15) is 9.59 Å². The number of ketones is 1. The number of aryl methyl sites for hydroxylation is 1. The highest BCUT2D eigenvalue weighted by Crippen LogP contribution is 2.40. The molecule has 1 unspecified atom stereocenters. The van der Waals surface area contributed by atoms with Crippen molar-refractivity contribution in [3.05, 3.63) is 95.2 Å². The number of carbonyl (C=O) groups is 2. The lowest BCUT2D eigenvalue weighted by Gasteiger charge is -2.32. The summed E-state index contributed by atoms with van der Waals surface area (Å²) in [5, 5.41) is 14.4. The number of para-hydroxylation sites is 1. The Hall–Kier alpha value is -4.63. The molecule has 45 heavy (non-hydrogen) atoms. The van der Waals surface area contributed by atoms with Crippen molar-refractivity contribution in [3.63, 3.8) is 0 Å². The molecule has 1 saturated heterocycles. The van der Waals surface area contributed by atoms with Gasteiger partial charge in [-0.3, -0.25) is 10.1 Å². The quantitative estimate of drug-likeness (QED) is 0.183. The molecule has 4 aromatic rings. The van der Waals surface area contributed by atoms with E-state index in [1.807, 2.05) is 61.5 Å². The van der Waals surface area contributed by atoms with Crippen molar-refractivity contribution >= 4 is 23.3 Å². The molecule has 2 aliphatic rings. The van der Waals surface area contributed by atoms with E-state index in [1.165, 1.54) is 0 Å². The van der Waals surface area contributed by atoms with Crippen molar-refractivity contribution in [2.24, 2.45) is 5.92 Å². The molecular weight excluding hydrogens is 566 g/mol. The second kappa shape index (κ2) is 12.8. The average molecular weight is 608 g/mol. The van der Waals surface area contributed by atoms with Crippen LogP contribution in [0.5, 0.6) is 11.5 Å². The van der Waals surface area contributed by atoms with Crippen LogP contribution < -0.4 is 25.4 Å². The second-order valence-corrected chi connectivity index (χ2v) is 13.0. The molecule has 1 fully saturated rings. The number of urea groups is 1. The predicted octanol–water partition coefficient (Wildman–Crippen LogP) is 7.21. The Morgan fingerprint density at radius 2 is 1.69 bits per heavy atom. The van der Waals surface area contributed by atoms with Gasteiger partial charge in [-0.25, -0.2) is 9.48 Å². The molecule has 0 aliphatic carbocycles. The Morgan fingerprint density at radius 1 is 0.956 bits per heavy atom. The topological polar surface area (TPSA) is 107 Å². The minimum Gasteiger partial charge on any atom is -0.454 e.